The average molecular weight is 478 g/mol. The number of nitrogens with one attached hydrogen (secondary N) is 3. The predicted octanol–water partition coefficient (Wildman–Crippen LogP) is 4.10. The normalized spacial score (nSPS) is 10.3. The van der Waals surface area contributed by atoms with Crippen LogP contribution in [0.3, 0.4) is 0 Å². The number of rotatable bonds is 8. The molecule has 0 bridgehead atoms. The molecule has 0 saturated heterocycles. The largest absolute Gasteiger partial charge is 0.493 e. The molecular weight excluding hydrogens is 450 g/mol. The van der Waals surface area contributed by atoms with Crippen molar-refractivity contribution >= 4 is 29.1 Å². The zero-order valence-electron chi connectivity index (χ0n) is 19.0. The van der Waals surface area contributed by atoms with Gasteiger partial charge in [-0.2, -0.15) is 0 Å². The number of para-hydroxylation sites is 1. The Labute approximate surface area is 204 Å². The summed E-state index contributed by atoms with van der Waals surface area (Å²) in [6.45, 7) is 4.49. The Morgan fingerprint density at radius 1 is 0.853 bits per heavy atom. The number of carbonyl (C=O) groups is 2. The molecule has 3 N–H and O–H groups in total. The Balaban J connectivity index is 1.44. The summed E-state index contributed by atoms with van der Waals surface area (Å²) in [7, 11) is 0. The van der Waals surface area contributed by atoms with Crippen molar-refractivity contribution in [3.05, 3.63) is 84.4 Å². The van der Waals surface area contributed by atoms with Gasteiger partial charge >= 0.3 is 0 Å². The molecular formula is C26H27N3O4S. The van der Waals surface area contributed by atoms with Gasteiger partial charge in [-0.15, -0.1) is 0 Å². The molecule has 0 atom stereocenters. The number of hydrazine groups is 1. The van der Waals surface area contributed by atoms with Crippen molar-refractivity contribution in [2.75, 3.05) is 13.2 Å². The lowest BCUT2D eigenvalue weighted by Crippen LogP contribution is -2.49. The Morgan fingerprint density at radius 3 is 2.24 bits per heavy atom. The molecule has 0 saturated carbocycles. The second kappa shape index (κ2) is 12.4. The van der Waals surface area contributed by atoms with Crippen LogP contribution < -0.4 is 25.6 Å². The summed E-state index contributed by atoms with van der Waals surface area (Å²) in [5.41, 5.74) is 7.20. The van der Waals surface area contributed by atoms with Gasteiger partial charge in [-0.3, -0.25) is 25.8 Å². The van der Waals surface area contributed by atoms with Crippen molar-refractivity contribution in [1.29, 1.82) is 0 Å². The quantitative estimate of drug-likeness (QED) is 0.334. The summed E-state index contributed by atoms with van der Waals surface area (Å²) >= 11 is 5.08. The van der Waals surface area contributed by atoms with Crippen molar-refractivity contribution in [3.63, 3.8) is 0 Å². The van der Waals surface area contributed by atoms with E-state index in [0.717, 1.165) is 11.1 Å². The van der Waals surface area contributed by atoms with Gasteiger partial charge < -0.3 is 9.47 Å². The van der Waals surface area contributed by atoms with Gasteiger partial charge in [0.1, 0.15) is 11.5 Å². The predicted molar refractivity (Wildman–Crippen MR) is 135 cm³/mol. The van der Waals surface area contributed by atoms with Crippen LogP contribution in [0.25, 0.3) is 11.1 Å². The fourth-order valence-electron chi connectivity index (χ4n) is 2.93. The van der Waals surface area contributed by atoms with E-state index in [2.05, 4.69) is 30.0 Å². The second-order valence-electron chi connectivity index (χ2n) is 7.84. The van der Waals surface area contributed by atoms with Crippen LogP contribution in [-0.2, 0) is 4.79 Å². The smallest absolute Gasteiger partial charge is 0.276 e. The molecule has 2 amide bonds. The van der Waals surface area contributed by atoms with Crippen LogP contribution in [0.4, 0.5) is 0 Å². The first kappa shape index (κ1) is 24.7. The van der Waals surface area contributed by atoms with Crippen LogP contribution in [0.15, 0.2) is 78.9 Å². The van der Waals surface area contributed by atoms with Crippen molar-refractivity contribution in [1.82, 2.24) is 16.2 Å². The lowest BCUT2D eigenvalue weighted by molar-refractivity contribution is -0.123. The molecule has 8 heteroatoms. The summed E-state index contributed by atoms with van der Waals surface area (Å²) in [6, 6.07) is 23.9. The zero-order chi connectivity index (χ0) is 24.3. The number of hydrogen-bond donors (Lipinski definition) is 3. The Morgan fingerprint density at radius 2 is 1.53 bits per heavy atom. The summed E-state index contributed by atoms with van der Waals surface area (Å²) in [5, 5.41) is 2.47. The SMILES string of the molecule is CC(C)COc1ccc(C(=O)NC(=S)NNC(=O)COc2ccccc2-c2ccccc2)cc1. The first-order valence-electron chi connectivity index (χ1n) is 10.8. The molecule has 3 rings (SSSR count). The van der Waals surface area contributed by atoms with Gasteiger partial charge in [0.15, 0.2) is 11.7 Å². The molecule has 0 radical (unpaired) electrons. The third kappa shape index (κ3) is 7.60. The number of carbonyl (C=O) groups excluding carboxylic acids is 2. The monoisotopic (exact) mass is 477 g/mol. The van der Waals surface area contributed by atoms with E-state index in [0.29, 0.717) is 29.6 Å². The molecule has 3 aromatic rings. The molecule has 0 aliphatic carbocycles. The fourth-order valence-corrected chi connectivity index (χ4v) is 3.07. The fraction of sp³-hybridized carbons (Fsp3) is 0.192. The average Bonchev–Trinajstić information content (AvgIpc) is 2.86. The Kier molecular flexibility index (Phi) is 8.99. The molecule has 3 aromatic carbocycles. The van der Waals surface area contributed by atoms with E-state index < -0.39 is 11.8 Å². The molecule has 0 heterocycles. The molecule has 7 nitrogen and oxygen atoms in total. The maximum absolute atomic E-state index is 12.3. The molecule has 34 heavy (non-hydrogen) atoms. The van der Waals surface area contributed by atoms with Crippen molar-refractivity contribution in [2.45, 2.75) is 13.8 Å². The van der Waals surface area contributed by atoms with E-state index in [-0.39, 0.29) is 11.7 Å². The van der Waals surface area contributed by atoms with E-state index >= 15 is 0 Å². The van der Waals surface area contributed by atoms with Gasteiger partial charge in [-0.25, -0.2) is 0 Å². The van der Waals surface area contributed by atoms with E-state index in [1.165, 1.54) is 0 Å². The van der Waals surface area contributed by atoms with E-state index in [1.807, 2.05) is 48.5 Å². The topological polar surface area (TPSA) is 88.7 Å². The minimum Gasteiger partial charge on any atom is -0.493 e. The molecule has 176 valence electrons. The number of thiocarbonyl (C=S) groups is 1. The van der Waals surface area contributed by atoms with Crippen LogP contribution in [-0.4, -0.2) is 30.1 Å². The second-order valence-corrected chi connectivity index (χ2v) is 8.24. The Hall–Kier alpha value is -3.91. The van der Waals surface area contributed by atoms with Crippen molar-refractivity contribution < 1.29 is 19.1 Å². The number of ether oxygens (including phenoxy) is 2. The van der Waals surface area contributed by atoms with Gasteiger partial charge in [0, 0.05) is 11.1 Å². The highest BCUT2D eigenvalue weighted by molar-refractivity contribution is 7.80. The van der Waals surface area contributed by atoms with Crippen LogP contribution in [0, 0.1) is 5.92 Å². The minimum absolute atomic E-state index is 0.0387. The molecule has 0 unspecified atom stereocenters. The first-order valence-corrected chi connectivity index (χ1v) is 11.2. The van der Waals surface area contributed by atoms with Crippen LogP contribution in [0.5, 0.6) is 11.5 Å². The maximum atomic E-state index is 12.3. The molecule has 0 aromatic heterocycles. The molecule has 0 spiro atoms. The molecule has 0 aliphatic heterocycles. The summed E-state index contributed by atoms with van der Waals surface area (Å²) in [5.74, 6) is 0.819. The van der Waals surface area contributed by atoms with Gasteiger partial charge in [0.25, 0.3) is 11.8 Å². The highest BCUT2D eigenvalue weighted by atomic mass is 32.1. The number of hydrogen-bond acceptors (Lipinski definition) is 5. The van der Waals surface area contributed by atoms with Gasteiger partial charge in [-0.05, 0) is 54.0 Å². The van der Waals surface area contributed by atoms with Crippen molar-refractivity contribution in [2.24, 2.45) is 5.92 Å². The van der Waals surface area contributed by atoms with Crippen LogP contribution >= 0.6 is 12.2 Å². The lowest BCUT2D eigenvalue weighted by atomic mass is 10.1. The summed E-state index contributed by atoms with van der Waals surface area (Å²) in [6.07, 6.45) is 0. The van der Waals surface area contributed by atoms with Gasteiger partial charge in [0.2, 0.25) is 0 Å². The van der Waals surface area contributed by atoms with Gasteiger partial charge in [0.05, 0.1) is 6.61 Å². The van der Waals surface area contributed by atoms with E-state index in [1.54, 1.807) is 30.3 Å². The first-order chi connectivity index (χ1) is 16.4. The molecule has 0 aliphatic rings. The third-order valence-corrected chi connectivity index (χ3v) is 4.78. The highest BCUT2D eigenvalue weighted by Crippen LogP contribution is 2.29. The van der Waals surface area contributed by atoms with E-state index in [4.69, 9.17) is 21.7 Å². The Bertz CT molecular complexity index is 1120. The number of amides is 2. The van der Waals surface area contributed by atoms with Crippen LogP contribution in [0.2, 0.25) is 0 Å². The summed E-state index contributed by atoms with van der Waals surface area (Å²) in [4.78, 5) is 24.5. The van der Waals surface area contributed by atoms with Crippen LogP contribution in [0.1, 0.15) is 24.2 Å². The van der Waals surface area contributed by atoms with Crippen molar-refractivity contribution in [3.8, 4) is 22.6 Å². The van der Waals surface area contributed by atoms with E-state index in [9.17, 15) is 9.59 Å². The maximum Gasteiger partial charge on any atom is 0.276 e. The third-order valence-electron chi connectivity index (χ3n) is 4.57. The summed E-state index contributed by atoms with van der Waals surface area (Å²) < 4.78 is 11.3. The van der Waals surface area contributed by atoms with Gasteiger partial charge in [-0.1, -0.05) is 62.4 Å². The zero-order valence-corrected chi connectivity index (χ0v) is 19.9. The molecule has 0 fully saturated rings. The lowest BCUT2D eigenvalue weighted by Gasteiger charge is -2.13. The highest BCUT2D eigenvalue weighted by Gasteiger charge is 2.11. The standard InChI is InChI=1S/C26H27N3O4S/c1-18(2)16-32-21-14-12-20(13-15-21)25(31)27-26(34)29-28-24(30)17-33-23-11-7-6-10-22(23)19-8-4-3-5-9-19/h3-15,18H,16-17H2,1-2H3,(H,28,30)(H2,27,29,31,34). The number of benzene rings is 3. The minimum atomic E-state index is -0.453.